The molecule has 0 aromatic heterocycles. The predicted octanol–water partition coefficient (Wildman–Crippen LogP) is 13.5. The summed E-state index contributed by atoms with van der Waals surface area (Å²) in [5.74, 6) is 2.45. The monoisotopic (exact) mass is 1530 g/mol. The molecule has 0 unspecified atom stereocenters. The van der Waals surface area contributed by atoms with Crippen LogP contribution in [-0.2, 0) is 77.8 Å². The number of benzene rings is 7. The summed E-state index contributed by atoms with van der Waals surface area (Å²) in [4.78, 5) is 0. The molecule has 0 heterocycles. The minimum atomic E-state index is -6.13. The van der Waals surface area contributed by atoms with Gasteiger partial charge < -0.3 is 0 Å². The number of methoxy groups -OCH3 is 3. The van der Waals surface area contributed by atoms with Crippen molar-refractivity contribution >= 4 is 55.3 Å². The van der Waals surface area contributed by atoms with E-state index in [4.69, 9.17) is 42.6 Å². The van der Waals surface area contributed by atoms with Crippen LogP contribution in [0.2, 0.25) is 0 Å². The summed E-state index contributed by atoms with van der Waals surface area (Å²) >= 11 is -2.00. The van der Waals surface area contributed by atoms with Crippen LogP contribution in [0.5, 0.6) is 17.2 Å². The molecular formula is C65H57BF24O9Se. The number of hydrogen-bond donors (Lipinski definition) is 0. The van der Waals surface area contributed by atoms with Gasteiger partial charge >= 0.3 is 310 Å². The molecule has 0 N–H and O–H groups in total. The first-order valence-corrected chi connectivity index (χ1v) is 31.6. The first kappa shape index (κ1) is 81.6. The number of rotatable bonds is 28. The van der Waals surface area contributed by atoms with Gasteiger partial charge in [0.2, 0.25) is 0 Å². The fourth-order valence-electron chi connectivity index (χ4n) is 10.0. The molecule has 35 heteroatoms. The Balaban J connectivity index is 0.000000328. The van der Waals surface area contributed by atoms with E-state index >= 15 is 0 Å². The summed E-state index contributed by atoms with van der Waals surface area (Å²) in [7, 11) is 4.98. The van der Waals surface area contributed by atoms with Gasteiger partial charge in [0.05, 0.1) is 44.5 Å². The zero-order valence-corrected chi connectivity index (χ0v) is 53.8. The number of ether oxygens (including phenoxy) is 9. The maximum absolute atomic E-state index is 14.2. The summed E-state index contributed by atoms with van der Waals surface area (Å²) in [6, 6.07) is 15.8. The van der Waals surface area contributed by atoms with Crippen molar-refractivity contribution in [3.63, 3.8) is 0 Å². The number of para-hydroxylation sites is 3. The van der Waals surface area contributed by atoms with Crippen molar-refractivity contribution in [1.82, 2.24) is 0 Å². The molecule has 9 nitrogen and oxygen atoms in total. The molecule has 7 aromatic carbocycles. The Bertz CT molecular complexity index is 3200. The van der Waals surface area contributed by atoms with Gasteiger partial charge in [-0.3, -0.25) is 0 Å². The standard InChI is InChI=1S/C33H45O9Se.C32H12BF24/c1-34-16-19-37-22-25-40-28-10-4-7-13-31(28)43(32-14-8-5-11-29(32)41-26-23-38-20-17-35-2)33-15-9-6-12-30(33)42-27-24-39-21-18-36-3;34-25(35,36)13-1-14(26(37,38)39)6-21(5-13)33(22-7-15(27(40,41)42)2-16(8-22)28(43,44)45,23-9-17(29(46,47)48)3-18(10-23)30(49,50)51)24-11-19(31(52,53)54)4-20(12-24)32(55,56)57/h4-15H,16-27H2,1-3H3;1-12H/q+1;-1. The zero-order valence-electron chi connectivity index (χ0n) is 52.1. The minimum absolute atomic E-state index is 0.424. The molecular weight excluding hydrogens is 1470 g/mol. The molecule has 548 valence electrons. The second kappa shape index (κ2) is 34.1. The van der Waals surface area contributed by atoms with Gasteiger partial charge in [-0.2, -0.15) is 127 Å². The number of alkyl halides is 24. The molecule has 0 radical (unpaired) electrons. The van der Waals surface area contributed by atoms with Crippen molar-refractivity contribution in [2.45, 2.75) is 49.4 Å². The van der Waals surface area contributed by atoms with E-state index in [1.54, 1.807) is 21.3 Å². The number of halogens is 24. The van der Waals surface area contributed by atoms with E-state index in [9.17, 15) is 105 Å². The van der Waals surface area contributed by atoms with E-state index in [0.29, 0.717) is 79.3 Å². The zero-order chi connectivity index (χ0) is 74.3. The summed E-state index contributed by atoms with van der Waals surface area (Å²) in [6.45, 7) is 5.89. The third-order valence-electron chi connectivity index (χ3n) is 14.4. The van der Waals surface area contributed by atoms with Crippen LogP contribution in [0.25, 0.3) is 0 Å². The van der Waals surface area contributed by atoms with Gasteiger partial charge in [-0.05, 0) is 24.3 Å². The molecule has 0 fully saturated rings. The first-order valence-electron chi connectivity index (χ1n) is 29.0. The Morgan fingerprint density at radius 3 is 0.610 bits per heavy atom. The van der Waals surface area contributed by atoms with Crippen LogP contribution < -0.4 is 49.4 Å². The average Bonchev–Trinajstić information content (AvgIpc) is 0.708. The van der Waals surface area contributed by atoms with E-state index in [1.807, 2.05) is 54.6 Å². The summed E-state index contributed by atoms with van der Waals surface area (Å²) in [5.41, 5.74) is -30.2. The summed E-state index contributed by atoms with van der Waals surface area (Å²) in [6.07, 6.45) is -54.8. The predicted molar refractivity (Wildman–Crippen MR) is 319 cm³/mol. The van der Waals surface area contributed by atoms with Gasteiger partial charge in [-0.1, -0.05) is 48.5 Å². The molecule has 0 bridgehead atoms. The van der Waals surface area contributed by atoms with Gasteiger partial charge in [0.15, 0.2) is 0 Å². The number of hydrogen-bond acceptors (Lipinski definition) is 9. The van der Waals surface area contributed by atoms with Crippen LogP contribution in [0.1, 0.15) is 44.5 Å². The molecule has 100 heavy (non-hydrogen) atoms. The van der Waals surface area contributed by atoms with Gasteiger partial charge in [0.1, 0.15) is 6.15 Å². The third-order valence-corrected chi connectivity index (χ3v) is 19.3. The third kappa shape index (κ3) is 22.1. The molecule has 7 aromatic rings. The van der Waals surface area contributed by atoms with Crippen LogP contribution in [0.15, 0.2) is 146 Å². The molecule has 0 amide bonds. The topological polar surface area (TPSA) is 83.1 Å². The summed E-state index contributed by atoms with van der Waals surface area (Å²) < 4.78 is 395. The van der Waals surface area contributed by atoms with Crippen LogP contribution in [0.4, 0.5) is 105 Å². The SMILES string of the molecule is COCCOCCOc1ccccc1[Se+](c1ccccc1OCCOCCOC)c1ccccc1OCCOCCOC.FC(F)(F)c1cc([B-](c2cc(C(F)(F)F)cc(C(F)(F)F)c2)(c2cc(C(F)(F)F)cc(C(F)(F)F)c2)c2cc(C(F)(F)F)cc(C(F)(F)F)c2)cc(C(F)(F)F)c1. The quantitative estimate of drug-likeness (QED) is 0.0271. The van der Waals surface area contributed by atoms with Gasteiger partial charge in [0.25, 0.3) is 0 Å². The fourth-order valence-corrected chi connectivity index (χ4v) is 14.9. The largest absolute Gasteiger partial charge is 0.416 e. The molecule has 0 aliphatic rings. The van der Waals surface area contributed by atoms with E-state index in [0.717, 1.165) is 30.6 Å². The normalized spacial score (nSPS) is 13.0. The van der Waals surface area contributed by atoms with Crippen LogP contribution in [0, 0.1) is 0 Å². The minimum Gasteiger partial charge on any atom is -0.194 e. The van der Waals surface area contributed by atoms with Crippen molar-refractivity contribution in [2.75, 3.05) is 101 Å². The van der Waals surface area contributed by atoms with Crippen molar-refractivity contribution in [3.8, 4) is 17.2 Å². The molecule has 0 saturated carbocycles. The second-order valence-corrected chi connectivity index (χ2v) is 25.3. The van der Waals surface area contributed by atoms with Gasteiger partial charge in [0, 0.05) is 0 Å². The Kier molecular flexibility index (Phi) is 27.8. The summed E-state index contributed by atoms with van der Waals surface area (Å²) in [5, 5.41) is 0. The van der Waals surface area contributed by atoms with Crippen LogP contribution >= 0.6 is 0 Å². The molecule has 0 atom stereocenters. The first-order chi connectivity index (χ1) is 46.6. The smallest absolute Gasteiger partial charge is 0.194 e. The molecule has 7 rings (SSSR count). The maximum Gasteiger partial charge on any atom is 0.416 e. The molecule has 0 aliphatic heterocycles. The van der Waals surface area contributed by atoms with E-state index in [1.165, 1.54) is 0 Å². The van der Waals surface area contributed by atoms with Crippen LogP contribution in [-0.4, -0.2) is 121 Å². The van der Waals surface area contributed by atoms with E-state index in [-0.39, 0.29) is 0 Å². The Labute approximate surface area is 558 Å². The van der Waals surface area contributed by atoms with Crippen molar-refractivity contribution < 1.29 is 148 Å². The maximum atomic E-state index is 14.2. The van der Waals surface area contributed by atoms with Crippen molar-refractivity contribution in [3.05, 3.63) is 190 Å². The van der Waals surface area contributed by atoms with Crippen molar-refractivity contribution in [1.29, 1.82) is 0 Å². The molecule has 0 aliphatic carbocycles. The Hall–Kier alpha value is -7.40. The van der Waals surface area contributed by atoms with Gasteiger partial charge in [-0.15, -0.1) is 0 Å². The average molecular weight is 1530 g/mol. The van der Waals surface area contributed by atoms with E-state index < -0.39 is 209 Å². The fraction of sp³-hybridized carbons (Fsp3) is 0.354. The molecule has 0 saturated heterocycles. The van der Waals surface area contributed by atoms with Crippen molar-refractivity contribution in [2.24, 2.45) is 0 Å². The Morgan fingerprint density at radius 1 is 0.250 bits per heavy atom. The van der Waals surface area contributed by atoms with E-state index in [2.05, 4.69) is 18.2 Å². The van der Waals surface area contributed by atoms with Crippen LogP contribution in [0.3, 0.4) is 0 Å². The van der Waals surface area contributed by atoms with Gasteiger partial charge in [-0.25, -0.2) is 0 Å². The Morgan fingerprint density at radius 2 is 0.430 bits per heavy atom. The second-order valence-electron chi connectivity index (χ2n) is 21.2. The molecule has 0 spiro atoms.